The molecule has 0 aliphatic carbocycles. The summed E-state index contributed by atoms with van der Waals surface area (Å²) in [6.07, 6.45) is 1.23. The van der Waals surface area contributed by atoms with Gasteiger partial charge in [0.15, 0.2) is 11.5 Å². The summed E-state index contributed by atoms with van der Waals surface area (Å²) in [4.78, 5) is 4.59. The van der Waals surface area contributed by atoms with Gasteiger partial charge in [-0.2, -0.15) is 4.98 Å². The van der Waals surface area contributed by atoms with Crippen molar-refractivity contribution in [3.63, 3.8) is 0 Å². The summed E-state index contributed by atoms with van der Waals surface area (Å²) < 4.78 is 13.4. The van der Waals surface area contributed by atoms with Crippen molar-refractivity contribution in [3.05, 3.63) is 83.6 Å². The van der Waals surface area contributed by atoms with Crippen LogP contribution in [0, 0.1) is 0 Å². The van der Waals surface area contributed by atoms with Crippen LogP contribution in [0.1, 0.15) is 12.0 Å². The molecule has 2 aromatic carbocycles. The van der Waals surface area contributed by atoms with Crippen LogP contribution >= 0.6 is 27.7 Å². The number of thioether (sulfide) groups is 1. The van der Waals surface area contributed by atoms with Gasteiger partial charge in [-0.15, -0.1) is 16.8 Å². The van der Waals surface area contributed by atoms with E-state index < -0.39 is 6.23 Å². The highest BCUT2D eigenvalue weighted by atomic mass is 79.9. The van der Waals surface area contributed by atoms with Gasteiger partial charge in [-0.25, -0.2) is 0 Å². The zero-order valence-corrected chi connectivity index (χ0v) is 18.7. The molecule has 5 rings (SSSR count). The highest BCUT2D eigenvalue weighted by Crippen LogP contribution is 2.40. The highest BCUT2D eigenvalue weighted by Gasteiger charge is 2.28. The average molecular weight is 493 g/mol. The summed E-state index contributed by atoms with van der Waals surface area (Å²) in [7, 11) is 0. The number of anilines is 1. The summed E-state index contributed by atoms with van der Waals surface area (Å²) in [6, 6.07) is 19.7. The van der Waals surface area contributed by atoms with E-state index in [9.17, 15) is 0 Å². The molecule has 0 radical (unpaired) electrons. The Bertz CT molecular complexity index is 1240. The van der Waals surface area contributed by atoms with Crippen molar-refractivity contribution in [2.24, 2.45) is 0 Å². The Labute approximate surface area is 191 Å². The molecular weight excluding hydrogens is 476 g/mol. The minimum absolute atomic E-state index is 0.408. The second kappa shape index (κ2) is 8.56. The predicted octanol–water partition coefficient (Wildman–Crippen LogP) is 6.34. The van der Waals surface area contributed by atoms with E-state index in [0.717, 1.165) is 27.0 Å². The largest absolute Gasteiger partial charge is 0.455 e. The lowest BCUT2D eigenvalue weighted by Gasteiger charge is -2.16. The van der Waals surface area contributed by atoms with Crippen molar-refractivity contribution in [2.75, 3.05) is 11.1 Å². The van der Waals surface area contributed by atoms with Gasteiger partial charge in [0.05, 0.1) is 0 Å². The Balaban J connectivity index is 1.53. The Morgan fingerprint density at radius 2 is 1.90 bits per heavy atom. The maximum absolute atomic E-state index is 6.25. The number of furan rings is 1. The molecule has 2 aromatic heterocycles. The lowest BCUT2D eigenvalue weighted by molar-refractivity contribution is 0.196. The van der Waals surface area contributed by atoms with Crippen molar-refractivity contribution in [2.45, 2.75) is 11.4 Å². The zero-order valence-electron chi connectivity index (χ0n) is 16.3. The van der Waals surface area contributed by atoms with Gasteiger partial charge in [-0.3, -0.25) is 0 Å². The Hall–Kier alpha value is -3.10. The van der Waals surface area contributed by atoms with Crippen LogP contribution in [0.15, 0.2) is 87.4 Å². The molecule has 154 valence electrons. The second-order valence-electron chi connectivity index (χ2n) is 6.74. The minimum Gasteiger partial charge on any atom is -0.455 e. The van der Waals surface area contributed by atoms with E-state index in [0.29, 0.717) is 28.2 Å². The lowest BCUT2D eigenvalue weighted by atomic mass is 10.1. The Morgan fingerprint density at radius 1 is 1.06 bits per heavy atom. The van der Waals surface area contributed by atoms with E-state index in [1.165, 1.54) is 11.8 Å². The number of hydrogen-bond donors (Lipinski definition) is 1. The number of rotatable bonds is 5. The van der Waals surface area contributed by atoms with Crippen LogP contribution < -0.4 is 10.1 Å². The molecule has 6 nitrogen and oxygen atoms in total. The molecule has 0 amide bonds. The normalized spacial score (nSPS) is 14.5. The molecule has 1 atom stereocenters. The quantitative estimate of drug-likeness (QED) is 0.257. The van der Waals surface area contributed by atoms with Crippen LogP contribution in [0.4, 0.5) is 5.69 Å². The number of nitrogens with zero attached hydrogens (tertiary/aromatic N) is 3. The van der Waals surface area contributed by atoms with E-state index in [-0.39, 0.29) is 0 Å². The van der Waals surface area contributed by atoms with Crippen LogP contribution in [0.5, 0.6) is 5.88 Å². The van der Waals surface area contributed by atoms with Gasteiger partial charge in [0.1, 0.15) is 5.76 Å². The summed E-state index contributed by atoms with van der Waals surface area (Å²) in [5, 5.41) is 12.6. The number of aromatic nitrogens is 3. The first-order chi connectivity index (χ1) is 15.2. The fraction of sp³-hybridized carbons (Fsp3) is 0.0870. The summed E-state index contributed by atoms with van der Waals surface area (Å²) in [5.41, 5.74) is 3.32. The van der Waals surface area contributed by atoms with E-state index in [1.54, 1.807) is 6.08 Å². The summed E-state index contributed by atoms with van der Waals surface area (Å²) in [6.45, 7) is 3.74. The molecule has 8 heteroatoms. The molecule has 0 saturated heterocycles. The highest BCUT2D eigenvalue weighted by molar-refractivity contribution is 9.10. The minimum atomic E-state index is -0.569. The van der Waals surface area contributed by atoms with Gasteiger partial charge in [-0.05, 0) is 30.3 Å². The molecule has 1 aliphatic rings. The number of benzene rings is 2. The monoisotopic (exact) mass is 492 g/mol. The molecule has 31 heavy (non-hydrogen) atoms. The second-order valence-corrected chi connectivity index (χ2v) is 8.65. The van der Waals surface area contributed by atoms with Crippen molar-refractivity contribution in [1.82, 2.24) is 15.2 Å². The zero-order chi connectivity index (χ0) is 21.2. The molecular formula is C23H17BrN4O2S. The van der Waals surface area contributed by atoms with E-state index in [4.69, 9.17) is 9.15 Å². The van der Waals surface area contributed by atoms with Gasteiger partial charge >= 0.3 is 0 Å². The third kappa shape index (κ3) is 4.08. The van der Waals surface area contributed by atoms with Crippen molar-refractivity contribution in [3.8, 4) is 28.5 Å². The van der Waals surface area contributed by atoms with Crippen molar-refractivity contribution < 1.29 is 9.15 Å². The first kappa shape index (κ1) is 19.8. The number of halogens is 1. The fourth-order valence-corrected chi connectivity index (χ4v) is 4.01. The van der Waals surface area contributed by atoms with Gasteiger partial charge in [0, 0.05) is 27.0 Å². The first-order valence-corrected chi connectivity index (χ1v) is 11.4. The standard InChI is InChI=1S/C23H17BrN4O2S/c1-2-13-31-23-26-22-20(27-28-23)16-5-3-4-6-17(16)25-21(30-22)19-12-11-18(29-19)14-7-9-15(24)10-8-14/h2-12,21,25H,1,13H2/t21-/m0/s1. The predicted molar refractivity (Wildman–Crippen MR) is 125 cm³/mol. The molecule has 3 heterocycles. The van der Waals surface area contributed by atoms with E-state index in [1.807, 2.05) is 60.7 Å². The van der Waals surface area contributed by atoms with Crippen LogP contribution in [0.2, 0.25) is 0 Å². The van der Waals surface area contributed by atoms with Crippen LogP contribution in [0.25, 0.3) is 22.6 Å². The molecule has 0 saturated carbocycles. The topological polar surface area (TPSA) is 73.1 Å². The molecule has 0 fully saturated rings. The Morgan fingerprint density at radius 3 is 2.74 bits per heavy atom. The molecule has 4 aromatic rings. The van der Waals surface area contributed by atoms with Crippen LogP contribution in [-0.2, 0) is 0 Å². The maximum atomic E-state index is 6.25. The SMILES string of the molecule is C=CCSc1nnc2c(n1)O[C@@H](c1ccc(-c3ccc(Br)cc3)o1)Nc1ccccc1-2. The number of fused-ring (bicyclic) bond motifs is 3. The fourth-order valence-electron chi connectivity index (χ4n) is 3.23. The summed E-state index contributed by atoms with van der Waals surface area (Å²) in [5.74, 6) is 2.49. The van der Waals surface area contributed by atoms with Crippen molar-refractivity contribution in [1.29, 1.82) is 0 Å². The number of para-hydroxylation sites is 1. The van der Waals surface area contributed by atoms with Gasteiger partial charge in [0.25, 0.3) is 0 Å². The van der Waals surface area contributed by atoms with Crippen LogP contribution in [0.3, 0.4) is 0 Å². The maximum Gasteiger partial charge on any atom is 0.247 e. The molecule has 0 bridgehead atoms. The molecule has 1 aliphatic heterocycles. The molecule has 0 unspecified atom stereocenters. The average Bonchev–Trinajstić information content (AvgIpc) is 3.22. The molecule has 0 spiro atoms. The number of nitrogens with one attached hydrogen (secondary N) is 1. The number of hydrogen-bond acceptors (Lipinski definition) is 7. The smallest absolute Gasteiger partial charge is 0.247 e. The third-order valence-electron chi connectivity index (χ3n) is 4.68. The van der Waals surface area contributed by atoms with Gasteiger partial charge < -0.3 is 14.5 Å². The summed E-state index contributed by atoms with van der Waals surface area (Å²) >= 11 is 4.91. The van der Waals surface area contributed by atoms with E-state index >= 15 is 0 Å². The van der Waals surface area contributed by atoms with Crippen LogP contribution in [-0.4, -0.2) is 20.9 Å². The third-order valence-corrected chi connectivity index (χ3v) is 6.04. The van der Waals surface area contributed by atoms with E-state index in [2.05, 4.69) is 43.0 Å². The Kier molecular flexibility index (Phi) is 5.48. The molecule has 1 N–H and O–H groups in total. The number of ether oxygens (including phenoxy) is 1. The first-order valence-electron chi connectivity index (χ1n) is 9.58. The van der Waals surface area contributed by atoms with Gasteiger partial charge in [-0.1, -0.05) is 64.1 Å². The van der Waals surface area contributed by atoms with Gasteiger partial charge in [0.2, 0.25) is 17.3 Å². The van der Waals surface area contributed by atoms with Crippen molar-refractivity contribution >= 4 is 33.4 Å². The lowest BCUT2D eigenvalue weighted by Crippen LogP contribution is -2.16.